The van der Waals surface area contributed by atoms with Crippen molar-refractivity contribution in [3.8, 4) is 6.07 Å². The van der Waals surface area contributed by atoms with E-state index in [4.69, 9.17) is 5.26 Å². The highest BCUT2D eigenvalue weighted by Gasteiger charge is 2.43. The van der Waals surface area contributed by atoms with Gasteiger partial charge in [-0.2, -0.15) is 9.57 Å². The molecule has 106 valence electrons. The number of aliphatic carboxylic acids is 1. The van der Waals surface area contributed by atoms with Crippen LogP contribution in [0.25, 0.3) is 0 Å². The number of nitrogens with zero attached hydrogens (tertiary/aromatic N) is 2. The van der Waals surface area contributed by atoms with Gasteiger partial charge in [-0.05, 0) is 36.6 Å². The van der Waals surface area contributed by atoms with E-state index in [-0.39, 0.29) is 17.4 Å². The Morgan fingerprint density at radius 3 is 2.50 bits per heavy atom. The lowest BCUT2D eigenvalue weighted by Gasteiger charge is -2.22. The zero-order valence-corrected chi connectivity index (χ0v) is 11.7. The van der Waals surface area contributed by atoms with Gasteiger partial charge in [0.1, 0.15) is 6.04 Å². The quantitative estimate of drug-likeness (QED) is 0.898. The molecule has 1 aliphatic heterocycles. The highest BCUT2D eigenvalue weighted by atomic mass is 32.2. The van der Waals surface area contributed by atoms with E-state index in [0.29, 0.717) is 12.0 Å². The van der Waals surface area contributed by atoms with Crippen LogP contribution in [0, 0.1) is 17.2 Å². The molecule has 0 aliphatic carbocycles. The third-order valence-electron chi connectivity index (χ3n) is 3.50. The molecule has 1 heterocycles. The largest absolute Gasteiger partial charge is 0.480 e. The van der Waals surface area contributed by atoms with Crippen LogP contribution in [-0.4, -0.2) is 36.4 Å². The molecule has 1 aliphatic rings. The van der Waals surface area contributed by atoms with E-state index in [2.05, 4.69) is 0 Å². The molecule has 1 aromatic rings. The average molecular weight is 294 g/mol. The van der Waals surface area contributed by atoms with Crippen molar-refractivity contribution in [2.24, 2.45) is 5.92 Å². The van der Waals surface area contributed by atoms with E-state index in [1.807, 2.05) is 6.07 Å². The lowest BCUT2D eigenvalue weighted by molar-refractivity contribution is -0.141. The van der Waals surface area contributed by atoms with Crippen LogP contribution < -0.4 is 0 Å². The van der Waals surface area contributed by atoms with Crippen LogP contribution in [-0.2, 0) is 14.8 Å². The Morgan fingerprint density at radius 2 is 2.00 bits per heavy atom. The molecule has 2 atom stereocenters. The standard InChI is InChI=1S/C13H14N2O4S/c1-9-6-7-15(12(9)13(16)17)20(18,19)11-4-2-10(8-14)3-5-11/h2-5,9,12H,6-7H2,1H3,(H,16,17). The first-order valence-electron chi connectivity index (χ1n) is 6.12. The van der Waals surface area contributed by atoms with Gasteiger partial charge in [0.05, 0.1) is 16.5 Å². The molecule has 0 spiro atoms. The molecule has 0 saturated carbocycles. The fraction of sp³-hybridized carbons (Fsp3) is 0.385. The summed E-state index contributed by atoms with van der Waals surface area (Å²) in [6.45, 7) is 1.92. The minimum atomic E-state index is -3.85. The van der Waals surface area contributed by atoms with E-state index < -0.39 is 22.0 Å². The maximum absolute atomic E-state index is 12.5. The van der Waals surface area contributed by atoms with Crippen molar-refractivity contribution in [1.82, 2.24) is 4.31 Å². The summed E-state index contributed by atoms with van der Waals surface area (Å²) < 4.78 is 26.0. The summed E-state index contributed by atoms with van der Waals surface area (Å²) in [5, 5.41) is 17.9. The summed E-state index contributed by atoms with van der Waals surface area (Å²) in [5.74, 6) is -1.35. The van der Waals surface area contributed by atoms with Gasteiger partial charge in [-0.15, -0.1) is 0 Å². The van der Waals surface area contributed by atoms with Gasteiger partial charge in [-0.3, -0.25) is 4.79 Å². The fourth-order valence-corrected chi connectivity index (χ4v) is 4.08. The lowest BCUT2D eigenvalue weighted by Crippen LogP contribution is -2.42. The summed E-state index contributed by atoms with van der Waals surface area (Å²) >= 11 is 0. The normalized spacial score (nSPS) is 23.4. The topological polar surface area (TPSA) is 98.5 Å². The molecule has 0 bridgehead atoms. The second-order valence-electron chi connectivity index (χ2n) is 4.80. The maximum Gasteiger partial charge on any atom is 0.322 e. The molecule has 1 aromatic carbocycles. The molecule has 0 radical (unpaired) electrons. The van der Waals surface area contributed by atoms with E-state index in [1.165, 1.54) is 24.3 Å². The van der Waals surface area contributed by atoms with Crippen LogP contribution in [0.15, 0.2) is 29.2 Å². The van der Waals surface area contributed by atoms with Crippen molar-refractivity contribution in [3.05, 3.63) is 29.8 Å². The molecule has 2 unspecified atom stereocenters. The molecule has 0 amide bonds. The molecule has 2 rings (SSSR count). The molecule has 1 saturated heterocycles. The van der Waals surface area contributed by atoms with Crippen molar-refractivity contribution < 1.29 is 18.3 Å². The summed E-state index contributed by atoms with van der Waals surface area (Å²) in [6, 6.07) is 6.34. The average Bonchev–Trinajstić information content (AvgIpc) is 2.81. The van der Waals surface area contributed by atoms with Crippen LogP contribution >= 0.6 is 0 Å². The minimum Gasteiger partial charge on any atom is -0.480 e. The summed E-state index contributed by atoms with van der Waals surface area (Å²) in [5.41, 5.74) is 0.355. The Hall–Kier alpha value is -1.91. The van der Waals surface area contributed by atoms with Gasteiger partial charge in [0, 0.05) is 6.54 Å². The van der Waals surface area contributed by atoms with Crippen molar-refractivity contribution in [1.29, 1.82) is 5.26 Å². The number of hydrogen-bond donors (Lipinski definition) is 1. The predicted molar refractivity (Wildman–Crippen MR) is 70.3 cm³/mol. The number of carbonyl (C=O) groups is 1. The van der Waals surface area contributed by atoms with Crippen molar-refractivity contribution in [2.75, 3.05) is 6.54 Å². The third-order valence-corrected chi connectivity index (χ3v) is 5.39. The monoisotopic (exact) mass is 294 g/mol. The molecular weight excluding hydrogens is 280 g/mol. The summed E-state index contributed by atoms with van der Waals surface area (Å²) in [6.07, 6.45) is 0.520. The second kappa shape index (κ2) is 5.23. The Balaban J connectivity index is 2.39. The van der Waals surface area contributed by atoms with Gasteiger partial charge in [-0.1, -0.05) is 6.92 Å². The molecule has 7 heteroatoms. The number of carboxylic acid groups (broad SMARTS) is 1. The van der Waals surface area contributed by atoms with Crippen LogP contribution in [0.3, 0.4) is 0 Å². The Morgan fingerprint density at radius 1 is 1.40 bits per heavy atom. The molecule has 0 aromatic heterocycles. The van der Waals surface area contributed by atoms with Crippen LogP contribution in [0.5, 0.6) is 0 Å². The summed E-state index contributed by atoms with van der Waals surface area (Å²) in [4.78, 5) is 11.3. The van der Waals surface area contributed by atoms with Crippen molar-refractivity contribution >= 4 is 16.0 Å². The highest BCUT2D eigenvalue weighted by Crippen LogP contribution is 2.30. The fourth-order valence-electron chi connectivity index (χ4n) is 2.38. The van der Waals surface area contributed by atoms with Gasteiger partial charge >= 0.3 is 5.97 Å². The first-order chi connectivity index (χ1) is 9.37. The number of sulfonamides is 1. The maximum atomic E-state index is 12.5. The zero-order chi connectivity index (χ0) is 14.9. The Kier molecular flexibility index (Phi) is 3.79. The highest BCUT2D eigenvalue weighted by molar-refractivity contribution is 7.89. The van der Waals surface area contributed by atoms with Crippen LogP contribution in [0.2, 0.25) is 0 Å². The van der Waals surface area contributed by atoms with Crippen molar-refractivity contribution in [3.63, 3.8) is 0 Å². The third kappa shape index (κ3) is 2.40. The predicted octanol–water partition coefficient (Wildman–Crippen LogP) is 1.04. The Bertz CT molecular complexity index is 661. The number of nitriles is 1. The van der Waals surface area contributed by atoms with Gasteiger partial charge in [0.25, 0.3) is 0 Å². The Labute approximate surface area is 117 Å². The smallest absolute Gasteiger partial charge is 0.322 e. The van der Waals surface area contributed by atoms with E-state index in [9.17, 15) is 18.3 Å². The van der Waals surface area contributed by atoms with Crippen LogP contribution in [0.4, 0.5) is 0 Å². The van der Waals surface area contributed by atoms with E-state index in [1.54, 1.807) is 6.92 Å². The van der Waals surface area contributed by atoms with Gasteiger partial charge in [0.2, 0.25) is 10.0 Å². The number of hydrogen-bond acceptors (Lipinski definition) is 4. The van der Waals surface area contributed by atoms with Gasteiger partial charge in [-0.25, -0.2) is 8.42 Å². The molecule has 6 nitrogen and oxygen atoms in total. The van der Waals surface area contributed by atoms with Crippen molar-refractivity contribution in [2.45, 2.75) is 24.3 Å². The van der Waals surface area contributed by atoms with Gasteiger partial charge < -0.3 is 5.11 Å². The first kappa shape index (κ1) is 14.5. The van der Waals surface area contributed by atoms with E-state index in [0.717, 1.165) is 4.31 Å². The number of benzene rings is 1. The van der Waals surface area contributed by atoms with Gasteiger partial charge in [0.15, 0.2) is 0 Å². The van der Waals surface area contributed by atoms with Crippen LogP contribution in [0.1, 0.15) is 18.9 Å². The minimum absolute atomic E-state index is 0.0110. The second-order valence-corrected chi connectivity index (χ2v) is 6.69. The molecular formula is C13H14N2O4S. The SMILES string of the molecule is CC1CCN(S(=O)(=O)c2ccc(C#N)cc2)C1C(=O)O. The molecule has 1 fully saturated rings. The first-order valence-corrected chi connectivity index (χ1v) is 7.56. The lowest BCUT2D eigenvalue weighted by atomic mass is 10.0. The number of rotatable bonds is 3. The molecule has 1 N–H and O–H groups in total. The summed E-state index contributed by atoms with van der Waals surface area (Å²) in [7, 11) is -3.85. The molecule has 20 heavy (non-hydrogen) atoms. The zero-order valence-electron chi connectivity index (χ0n) is 10.9. The number of carboxylic acids is 1. The van der Waals surface area contributed by atoms with E-state index >= 15 is 0 Å².